The molecule has 4 nitrogen and oxygen atoms in total. The first-order chi connectivity index (χ1) is 8.74. The van der Waals surface area contributed by atoms with Crippen LogP contribution in [0.2, 0.25) is 0 Å². The number of benzene rings is 1. The molecule has 94 valence electrons. The highest BCUT2D eigenvalue weighted by Crippen LogP contribution is 2.31. The van der Waals surface area contributed by atoms with E-state index < -0.39 is 0 Å². The predicted molar refractivity (Wildman–Crippen MR) is 72.7 cm³/mol. The Morgan fingerprint density at radius 3 is 3.17 bits per heavy atom. The van der Waals surface area contributed by atoms with Crippen LogP contribution in [0.5, 0.6) is 0 Å². The minimum atomic E-state index is -0.0543. The summed E-state index contributed by atoms with van der Waals surface area (Å²) in [5.41, 5.74) is 9.36. The average molecular weight is 261 g/mol. The van der Waals surface area contributed by atoms with Crippen LogP contribution in [0, 0.1) is 5.92 Å². The van der Waals surface area contributed by atoms with Crippen molar-refractivity contribution in [2.75, 3.05) is 6.54 Å². The van der Waals surface area contributed by atoms with E-state index in [1.165, 1.54) is 12.8 Å². The van der Waals surface area contributed by atoms with Crippen molar-refractivity contribution < 1.29 is 4.79 Å². The molecule has 0 aliphatic heterocycles. The molecule has 1 fully saturated rings. The first kappa shape index (κ1) is 11.6. The van der Waals surface area contributed by atoms with Crippen molar-refractivity contribution in [2.45, 2.75) is 18.9 Å². The van der Waals surface area contributed by atoms with Gasteiger partial charge in [0, 0.05) is 18.2 Å². The molecular weight excluding hydrogens is 246 g/mol. The van der Waals surface area contributed by atoms with Crippen molar-refractivity contribution in [1.82, 2.24) is 10.3 Å². The van der Waals surface area contributed by atoms with Gasteiger partial charge < -0.3 is 11.1 Å². The molecule has 1 aliphatic rings. The fraction of sp³-hybridized carbons (Fsp3) is 0.385. The van der Waals surface area contributed by atoms with Crippen LogP contribution in [0.4, 0.5) is 0 Å². The van der Waals surface area contributed by atoms with E-state index in [9.17, 15) is 4.79 Å². The largest absolute Gasteiger partial charge is 0.350 e. The molecule has 1 atom stereocenters. The Bertz CT molecular complexity index is 576. The summed E-state index contributed by atoms with van der Waals surface area (Å²) < 4.78 is 1.04. The van der Waals surface area contributed by atoms with Crippen molar-refractivity contribution in [3.8, 4) is 0 Å². The van der Waals surface area contributed by atoms with Crippen molar-refractivity contribution in [2.24, 2.45) is 11.7 Å². The van der Waals surface area contributed by atoms with E-state index in [1.54, 1.807) is 22.9 Å². The summed E-state index contributed by atoms with van der Waals surface area (Å²) in [7, 11) is 0. The van der Waals surface area contributed by atoms with Crippen LogP contribution < -0.4 is 11.1 Å². The minimum Gasteiger partial charge on any atom is -0.350 e. The number of aromatic nitrogens is 1. The molecule has 0 radical (unpaired) electrons. The molecule has 0 spiro atoms. The molecule has 5 heteroatoms. The van der Waals surface area contributed by atoms with Crippen molar-refractivity contribution in [3.05, 3.63) is 29.3 Å². The van der Waals surface area contributed by atoms with Gasteiger partial charge >= 0.3 is 0 Å². The molecule has 1 unspecified atom stereocenters. The second-order valence-electron chi connectivity index (χ2n) is 4.75. The van der Waals surface area contributed by atoms with Gasteiger partial charge in [0.1, 0.15) is 0 Å². The van der Waals surface area contributed by atoms with Crippen LogP contribution in [0.1, 0.15) is 23.2 Å². The Labute approximate surface area is 109 Å². The second-order valence-corrected chi connectivity index (χ2v) is 5.63. The molecule has 1 saturated carbocycles. The zero-order valence-electron chi connectivity index (χ0n) is 9.93. The molecule has 3 rings (SSSR count). The fourth-order valence-corrected chi connectivity index (χ4v) is 2.72. The summed E-state index contributed by atoms with van der Waals surface area (Å²) in [6.45, 7) is 0.560. The number of nitrogens with zero attached hydrogens (tertiary/aromatic N) is 1. The summed E-state index contributed by atoms with van der Waals surface area (Å²) in [5, 5.41) is 2.90. The van der Waals surface area contributed by atoms with E-state index in [2.05, 4.69) is 10.3 Å². The summed E-state index contributed by atoms with van der Waals surface area (Å²) in [4.78, 5) is 16.2. The third kappa shape index (κ3) is 2.37. The number of nitrogens with one attached hydrogen (secondary N) is 1. The molecule has 1 aromatic heterocycles. The number of hydrogen-bond donors (Lipinski definition) is 2. The number of fused-ring (bicyclic) bond motifs is 1. The van der Waals surface area contributed by atoms with Crippen LogP contribution in [-0.2, 0) is 0 Å². The van der Waals surface area contributed by atoms with Gasteiger partial charge in [0.15, 0.2) is 0 Å². The molecule has 18 heavy (non-hydrogen) atoms. The zero-order valence-corrected chi connectivity index (χ0v) is 10.7. The Morgan fingerprint density at radius 2 is 2.39 bits per heavy atom. The third-order valence-corrected chi connectivity index (χ3v) is 4.11. The van der Waals surface area contributed by atoms with Crippen molar-refractivity contribution in [1.29, 1.82) is 0 Å². The Balaban J connectivity index is 1.66. The number of rotatable bonds is 4. The van der Waals surface area contributed by atoms with E-state index in [0.29, 0.717) is 18.0 Å². The van der Waals surface area contributed by atoms with E-state index in [1.807, 2.05) is 12.1 Å². The highest BCUT2D eigenvalue weighted by molar-refractivity contribution is 7.16. The molecule has 0 saturated heterocycles. The van der Waals surface area contributed by atoms with Crippen LogP contribution in [0.25, 0.3) is 10.2 Å². The average Bonchev–Trinajstić information content (AvgIpc) is 3.13. The van der Waals surface area contributed by atoms with Crippen LogP contribution in [0.3, 0.4) is 0 Å². The first-order valence-electron chi connectivity index (χ1n) is 6.11. The third-order valence-electron chi connectivity index (χ3n) is 3.32. The lowest BCUT2D eigenvalue weighted by Crippen LogP contribution is -2.38. The maximum atomic E-state index is 12.0. The lowest BCUT2D eigenvalue weighted by Gasteiger charge is -2.11. The highest BCUT2D eigenvalue weighted by atomic mass is 32.1. The number of amides is 1. The van der Waals surface area contributed by atoms with Gasteiger partial charge in [-0.05, 0) is 37.0 Å². The Hall–Kier alpha value is -1.46. The molecule has 1 amide bonds. The van der Waals surface area contributed by atoms with Crippen LogP contribution >= 0.6 is 11.3 Å². The maximum absolute atomic E-state index is 12.0. The smallest absolute Gasteiger partial charge is 0.251 e. The normalized spacial score (nSPS) is 16.7. The monoisotopic (exact) mass is 261 g/mol. The molecule has 2 aromatic rings. The SMILES string of the molecule is NC(CNC(=O)c1ccc2ncsc2c1)C1CC1. The van der Waals surface area contributed by atoms with Gasteiger partial charge in [0.05, 0.1) is 15.7 Å². The Kier molecular flexibility index (Phi) is 3.01. The Morgan fingerprint density at radius 1 is 1.56 bits per heavy atom. The number of thiazole rings is 1. The second kappa shape index (κ2) is 4.66. The summed E-state index contributed by atoms with van der Waals surface area (Å²) in [6, 6.07) is 5.66. The lowest BCUT2D eigenvalue weighted by molar-refractivity contribution is 0.0950. The van der Waals surface area contributed by atoms with Gasteiger partial charge in [-0.3, -0.25) is 4.79 Å². The fourth-order valence-electron chi connectivity index (χ4n) is 2.00. The van der Waals surface area contributed by atoms with Gasteiger partial charge in [-0.2, -0.15) is 0 Å². The van der Waals surface area contributed by atoms with Gasteiger partial charge in [-0.15, -0.1) is 11.3 Å². The molecule has 1 aliphatic carbocycles. The number of nitrogens with two attached hydrogens (primary N) is 1. The van der Waals surface area contributed by atoms with Gasteiger partial charge in [-0.1, -0.05) is 0 Å². The summed E-state index contributed by atoms with van der Waals surface area (Å²) in [6.07, 6.45) is 2.40. The van der Waals surface area contributed by atoms with Crippen molar-refractivity contribution in [3.63, 3.8) is 0 Å². The highest BCUT2D eigenvalue weighted by Gasteiger charge is 2.28. The van der Waals surface area contributed by atoms with E-state index in [-0.39, 0.29) is 11.9 Å². The quantitative estimate of drug-likeness (QED) is 0.881. The van der Waals surface area contributed by atoms with E-state index >= 15 is 0 Å². The standard InChI is InChI=1S/C13H15N3OS/c14-10(8-1-2-8)6-15-13(17)9-3-4-11-12(5-9)18-7-16-11/h3-5,7-8,10H,1-2,6,14H2,(H,15,17). The predicted octanol–water partition coefficient (Wildman–Crippen LogP) is 1.76. The lowest BCUT2D eigenvalue weighted by atomic mass is 10.1. The molecule has 3 N–H and O–H groups in total. The van der Waals surface area contributed by atoms with Gasteiger partial charge in [0.25, 0.3) is 5.91 Å². The first-order valence-corrected chi connectivity index (χ1v) is 6.99. The van der Waals surface area contributed by atoms with Gasteiger partial charge in [0.2, 0.25) is 0 Å². The number of carbonyl (C=O) groups is 1. The summed E-state index contributed by atoms with van der Waals surface area (Å²) >= 11 is 1.54. The number of carbonyl (C=O) groups excluding carboxylic acids is 1. The maximum Gasteiger partial charge on any atom is 0.251 e. The molecule has 1 heterocycles. The van der Waals surface area contributed by atoms with Crippen LogP contribution in [0.15, 0.2) is 23.7 Å². The number of hydrogen-bond acceptors (Lipinski definition) is 4. The summed E-state index contributed by atoms with van der Waals surface area (Å²) in [5.74, 6) is 0.552. The van der Waals surface area contributed by atoms with Crippen molar-refractivity contribution >= 4 is 27.5 Å². The zero-order chi connectivity index (χ0) is 12.5. The molecule has 0 bridgehead atoms. The molecular formula is C13H15N3OS. The molecule has 1 aromatic carbocycles. The van der Waals surface area contributed by atoms with E-state index in [4.69, 9.17) is 5.73 Å². The minimum absolute atomic E-state index is 0.0543. The van der Waals surface area contributed by atoms with Crippen LogP contribution in [-0.4, -0.2) is 23.5 Å². The van der Waals surface area contributed by atoms with E-state index in [0.717, 1.165) is 10.2 Å². The topological polar surface area (TPSA) is 68.0 Å². The van der Waals surface area contributed by atoms with Gasteiger partial charge in [-0.25, -0.2) is 4.98 Å².